The van der Waals surface area contributed by atoms with Crippen molar-refractivity contribution in [2.24, 2.45) is 35.5 Å². The zero-order chi connectivity index (χ0) is 20.3. The topological polar surface area (TPSA) is 80.8 Å². The third kappa shape index (κ3) is 2.84. The summed E-state index contributed by atoms with van der Waals surface area (Å²) in [5.74, 6) is -0.209. The van der Waals surface area contributed by atoms with E-state index < -0.39 is 12.1 Å². The Morgan fingerprint density at radius 2 is 1.62 bits per heavy atom. The minimum atomic E-state index is -0.912. The molecule has 4 aliphatic carbocycles. The van der Waals surface area contributed by atoms with E-state index in [1.54, 1.807) is 30.3 Å². The number of amides is 2. The summed E-state index contributed by atoms with van der Waals surface area (Å²) in [5, 5.41) is 0. The van der Waals surface area contributed by atoms with E-state index in [0.717, 1.165) is 6.42 Å². The summed E-state index contributed by atoms with van der Waals surface area (Å²) in [6.07, 6.45) is 4.36. The molecule has 1 aliphatic heterocycles. The lowest BCUT2D eigenvalue weighted by atomic mass is 9.63. The van der Waals surface area contributed by atoms with E-state index in [1.807, 2.05) is 0 Å². The molecule has 6 nitrogen and oxygen atoms in total. The molecule has 6 rings (SSSR count). The molecule has 2 amide bonds. The molecule has 0 unspecified atom stereocenters. The number of allylic oxidation sites excluding steroid dienone is 2. The van der Waals surface area contributed by atoms with Crippen LogP contribution in [-0.2, 0) is 19.1 Å². The van der Waals surface area contributed by atoms with Crippen molar-refractivity contribution in [2.75, 3.05) is 6.54 Å². The van der Waals surface area contributed by atoms with Crippen LogP contribution in [0.3, 0.4) is 0 Å². The van der Waals surface area contributed by atoms with E-state index >= 15 is 0 Å². The fourth-order valence-corrected chi connectivity index (χ4v) is 5.59. The number of esters is 1. The van der Waals surface area contributed by atoms with Gasteiger partial charge in [-0.25, -0.2) is 0 Å². The van der Waals surface area contributed by atoms with Gasteiger partial charge in [-0.3, -0.25) is 24.1 Å². The van der Waals surface area contributed by atoms with Crippen LogP contribution in [0, 0.1) is 35.5 Å². The molecule has 1 saturated heterocycles. The molecule has 2 saturated carbocycles. The first-order valence-corrected chi connectivity index (χ1v) is 10.3. The number of hydrogen-bond donors (Lipinski definition) is 0. The Bertz CT molecular complexity index is 886. The second kappa shape index (κ2) is 6.65. The van der Waals surface area contributed by atoms with E-state index in [-0.39, 0.29) is 54.2 Å². The molecule has 0 N–H and O–H groups in total. The molecule has 7 atom stereocenters. The number of nitrogens with zero attached hydrogens (tertiary/aromatic N) is 1. The molecule has 0 radical (unpaired) electrons. The Labute approximate surface area is 168 Å². The summed E-state index contributed by atoms with van der Waals surface area (Å²) in [6, 6.07) is 8.64. The zero-order valence-electron chi connectivity index (χ0n) is 16.2. The maximum absolute atomic E-state index is 12.9. The predicted molar refractivity (Wildman–Crippen MR) is 102 cm³/mol. The second-order valence-corrected chi connectivity index (χ2v) is 8.60. The van der Waals surface area contributed by atoms with Crippen molar-refractivity contribution < 1.29 is 23.9 Å². The third-order valence-electron chi connectivity index (χ3n) is 7.03. The largest absolute Gasteiger partial charge is 0.454 e. The van der Waals surface area contributed by atoms with Gasteiger partial charge in [0.05, 0.1) is 18.3 Å². The average molecular weight is 393 g/mol. The van der Waals surface area contributed by atoms with Crippen LogP contribution in [0.2, 0.25) is 0 Å². The maximum Gasteiger partial charge on any atom is 0.308 e. The van der Waals surface area contributed by atoms with Crippen molar-refractivity contribution in [1.82, 2.24) is 4.90 Å². The maximum atomic E-state index is 12.9. The average Bonchev–Trinajstić information content (AvgIpc) is 3.51. The highest BCUT2D eigenvalue weighted by Crippen LogP contribution is 2.65. The van der Waals surface area contributed by atoms with Gasteiger partial charge < -0.3 is 4.74 Å². The molecule has 2 bridgehead atoms. The molecule has 150 valence electrons. The Morgan fingerprint density at radius 3 is 2.21 bits per heavy atom. The van der Waals surface area contributed by atoms with Gasteiger partial charge in [-0.15, -0.1) is 0 Å². The Morgan fingerprint density at radius 1 is 1.03 bits per heavy atom. The quantitative estimate of drug-likeness (QED) is 0.320. The van der Waals surface area contributed by atoms with Gasteiger partial charge in [0, 0.05) is 12.1 Å². The standard InChI is InChI=1S/C23H23NO5/c1-12(21(26)13-5-3-2-4-6-13)29-18(25)9-10-24-22(27)19-14-7-8-15(17-11-16(14)17)20(19)23(24)28/h2-8,12,14-17,19-20H,9-11H2,1H3/t12-,14-,15-,16-,17-,19-,20+/m0/s1. The van der Waals surface area contributed by atoms with E-state index in [4.69, 9.17) is 4.74 Å². The summed E-state index contributed by atoms with van der Waals surface area (Å²) in [5.41, 5.74) is 0.475. The van der Waals surface area contributed by atoms with Gasteiger partial charge in [0.2, 0.25) is 17.6 Å². The smallest absolute Gasteiger partial charge is 0.308 e. The van der Waals surface area contributed by atoms with Crippen LogP contribution >= 0.6 is 0 Å². The van der Waals surface area contributed by atoms with Gasteiger partial charge in [-0.2, -0.15) is 0 Å². The molecule has 6 heteroatoms. The Kier molecular flexibility index (Phi) is 4.19. The molecular formula is C23H23NO5. The van der Waals surface area contributed by atoms with Crippen LogP contribution in [0.15, 0.2) is 42.5 Å². The number of benzene rings is 1. The van der Waals surface area contributed by atoms with E-state index in [0.29, 0.717) is 17.4 Å². The number of hydrogen-bond acceptors (Lipinski definition) is 5. The SMILES string of the molecule is C[C@H](OC(=O)CCN1C(=O)[C@@H]2[C@H]3C=C[C@@H]([C@@H]4C[C@@H]34)[C@@H]2C1=O)C(=O)c1ccccc1. The summed E-state index contributed by atoms with van der Waals surface area (Å²) >= 11 is 0. The highest BCUT2D eigenvalue weighted by Gasteiger charge is 2.66. The number of carbonyl (C=O) groups excluding carboxylic acids is 4. The van der Waals surface area contributed by atoms with Crippen LogP contribution in [0.25, 0.3) is 0 Å². The highest BCUT2D eigenvalue weighted by molar-refractivity contribution is 6.06. The van der Waals surface area contributed by atoms with Gasteiger partial charge in [0.15, 0.2) is 6.10 Å². The van der Waals surface area contributed by atoms with Gasteiger partial charge >= 0.3 is 5.97 Å². The molecule has 3 fully saturated rings. The fraction of sp³-hybridized carbons (Fsp3) is 0.478. The molecular weight excluding hydrogens is 370 g/mol. The van der Waals surface area contributed by atoms with Crippen molar-refractivity contribution in [3.63, 3.8) is 0 Å². The van der Waals surface area contributed by atoms with Crippen LogP contribution < -0.4 is 0 Å². The summed E-state index contributed by atoms with van der Waals surface area (Å²) < 4.78 is 5.24. The molecule has 5 aliphatic rings. The van der Waals surface area contributed by atoms with Gasteiger partial charge in [0.25, 0.3) is 0 Å². The zero-order valence-corrected chi connectivity index (χ0v) is 16.2. The van der Waals surface area contributed by atoms with Crippen LogP contribution in [0.5, 0.6) is 0 Å². The summed E-state index contributed by atoms with van der Waals surface area (Å²) in [6.45, 7) is 1.55. The lowest BCUT2D eigenvalue weighted by Crippen LogP contribution is -2.40. The molecule has 0 aromatic heterocycles. The van der Waals surface area contributed by atoms with E-state index in [1.165, 1.54) is 11.8 Å². The monoisotopic (exact) mass is 393 g/mol. The van der Waals surface area contributed by atoms with Crippen molar-refractivity contribution in [1.29, 1.82) is 0 Å². The molecule has 0 spiro atoms. The molecule has 1 aromatic carbocycles. The number of imide groups is 1. The number of carbonyl (C=O) groups is 4. The Hall–Kier alpha value is -2.76. The number of rotatable bonds is 6. The van der Waals surface area contributed by atoms with Crippen molar-refractivity contribution in [3.8, 4) is 0 Å². The predicted octanol–water partition coefficient (Wildman–Crippen LogP) is 2.24. The summed E-state index contributed by atoms with van der Waals surface area (Å²) in [7, 11) is 0. The molecule has 1 aromatic rings. The third-order valence-corrected chi connectivity index (χ3v) is 7.03. The number of ketones is 1. The minimum Gasteiger partial charge on any atom is -0.454 e. The first-order chi connectivity index (χ1) is 14.0. The lowest BCUT2D eigenvalue weighted by molar-refractivity contribution is -0.148. The molecule has 1 heterocycles. The number of likely N-dealkylation sites (tertiary alicyclic amines) is 1. The fourth-order valence-electron chi connectivity index (χ4n) is 5.59. The number of Topliss-reactive ketones (excluding diaryl/α,β-unsaturated/α-hetero) is 1. The van der Waals surface area contributed by atoms with Crippen molar-refractivity contribution in [3.05, 3.63) is 48.0 Å². The van der Waals surface area contributed by atoms with Crippen LogP contribution in [-0.4, -0.2) is 41.1 Å². The van der Waals surface area contributed by atoms with Crippen molar-refractivity contribution in [2.45, 2.75) is 25.9 Å². The van der Waals surface area contributed by atoms with Crippen molar-refractivity contribution >= 4 is 23.6 Å². The van der Waals surface area contributed by atoms with Crippen LogP contribution in [0.4, 0.5) is 0 Å². The van der Waals surface area contributed by atoms with Gasteiger partial charge in [-0.05, 0) is 37.0 Å². The van der Waals surface area contributed by atoms with E-state index in [9.17, 15) is 19.2 Å². The second-order valence-electron chi connectivity index (χ2n) is 8.60. The summed E-state index contributed by atoms with van der Waals surface area (Å²) in [4.78, 5) is 51.6. The minimum absolute atomic E-state index is 0.0184. The van der Waals surface area contributed by atoms with Crippen LogP contribution in [0.1, 0.15) is 30.1 Å². The number of ether oxygens (including phenoxy) is 1. The first-order valence-electron chi connectivity index (χ1n) is 10.3. The lowest BCUT2D eigenvalue weighted by Gasteiger charge is -2.37. The first kappa shape index (κ1) is 18.3. The van der Waals surface area contributed by atoms with Gasteiger partial charge in [0.1, 0.15) is 0 Å². The Balaban J connectivity index is 1.19. The molecule has 29 heavy (non-hydrogen) atoms. The highest BCUT2D eigenvalue weighted by atomic mass is 16.5. The van der Waals surface area contributed by atoms with Gasteiger partial charge in [-0.1, -0.05) is 42.5 Å². The van der Waals surface area contributed by atoms with E-state index in [2.05, 4.69) is 12.2 Å². The normalized spacial score (nSPS) is 34.6.